The van der Waals surface area contributed by atoms with Crippen molar-refractivity contribution in [2.75, 3.05) is 0 Å². The third-order valence-electron chi connectivity index (χ3n) is 12.3. The van der Waals surface area contributed by atoms with Crippen molar-refractivity contribution in [1.82, 2.24) is 14.5 Å². The van der Waals surface area contributed by atoms with Crippen molar-refractivity contribution in [3.63, 3.8) is 0 Å². The van der Waals surface area contributed by atoms with Gasteiger partial charge in [0.15, 0.2) is 28.8 Å². The van der Waals surface area contributed by atoms with E-state index in [2.05, 4.69) is 170 Å². The lowest BCUT2D eigenvalue weighted by atomic mass is 9.82. The Morgan fingerprint density at radius 3 is 1.73 bits per heavy atom. The third-order valence-corrected chi connectivity index (χ3v) is 12.3. The zero-order valence-electron chi connectivity index (χ0n) is 33.1. The van der Waals surface area contributed by atoms with Gasteiger partial charge in [0.05, 0.1) is 22.4 Å². The van der Waals surface area contributed by atoms with Crippen molar-refractivity contribution in [1.29, 1.82) is 0 Å². The zero-order valence-corrected chi connectivity index (χ0v) is 33.1. The molecule has 284 valence electrons. The van der Waals surface area contributed by atoms with E-state index in [1.54, 1.807) is 0 Å². The number of hydrogen-bond donors (Lipinski definition) is 0. The number of hydrogen-bond acceptors (Lipinski definition) is 4. The van der Waals surface area contributed by atoms with Crippen LogP contribution in [0.1, 0.15) is 25.0 Å². The van der Waals surface area contributed by atoms with Gasteiger partial charge in [-0.05, 0) is 64.7 Å². The molecule has 60 heavy (non-hydrogen) atoms. The Balaban J connectivity index is 0.968. The van der Waals surface area contributed by atoms with Crippen molar-refractivity contribution < 1.29 is 9.47 Å². The average Bonchev–Trinajstić information content (AvgIpc) is 3.77. The van der Waals surface area contributed by atoms with Crippen LogP contribution in [0.5, 0.6) is 23.0 Å². The summed E-state index contributed by atoms with van der Waals surface area (Å²) in [4.78, 5) is 10.6. The van der Waals surface area contributed by atoms with E-state index in [0.717, 1.165) is 56.2 Å². The van der Waals surface area contributed by atoms with Crippen LogP contribution >= 0.6 is 0 Å². The zero-order chi connectivity index (χ0) is 40.0. The molecule has 0 spiro atoms. The Morgan fingerprint density at radius 1 is 0.433 bits per heavy atom. The fourth-order valence-corrected chi connectivity index (χ4v) is 9.43. The molecular weight excluding hydrogens is 735 g/mol. The van der Waals surface area contributed by atoms with Gasteiger partial charge in [-0.2, -0.15) is 0 Å². The largest absolute Gasteiger partial charge is 0.449 e. The molecule has 0 bridgehead atoms. The van der Waals surface area contributed by atoms with Gasteiger partial charge in [0, 0.05) is 49.7 Å². The van der Waals surface area contributed by atoms with E-state index in [1.165, 1.54) is 38.5 Å². The van der Waals surface area contributed by atoms with E-state index in [4.69, 9.17) is 19.4 Å². The van der Waals surface area contributed by atoms with Crippen LogP contribution in [-0.4, -0.2) is 14.5 Å². The summed E-state index contributed by atoms with van der Waals surface area (Å²) in [5, 5.41) is 2.48. The highest BCUT2D eigenvalue weighted by atomic mass is 16.6. The molecule has 0 radical (unpaired) electrons. The first kappa shape index (κ1) is 34.3. The van der Waals surface area contributed by atoms with Crippen LogP contribution in [-0.2, 0) is 5.41 Å². The van der Waals surface area contributed by atoms with E-state index in [0.29, 0.717) is 23.1 Å². The lowest BCUT2D eigenvalue weighted by Crippen LogP contribution is -2.15. The van der Waals surface area contributed by atoms with E-state index in [9.17, 15) is 0 Å². The number of nitrogens with zero attached hydrogens (tertiary/aromatic N) is 3. The first-order valence-electron chi connectivity index (χ1n) is 20.4. The molecule has 8 aromatic carbocycles. The highest BCUT2D eigenvalue weighted by molar-refractivity contribution is 6.09. The van der Waals surface area contributed by atoms with Gasteiger partial charge < -0.3 is 14.0 Å². The topological polar surface area (TPSA) is 49.2 Å². The maximum atomic E-state index is 6.88. The predicted octanol–water partition coefficient (Wildman–Crippen LogP) is 14.4. The van der Waals surface area contributed by atoms with Gasteiger partial charge in [0.2, 0.25) is 0 Å². The first-order chi connectivity index (χ1) is 29.5. The van der Waals surface area contributed by atoms with Crippen molar-refractivity contribution >= 4 is 21.8 Å². The molecule has 2 aliphatic rings. The minimum absolute atomic E-state index is 0.146. The summed E-state index contributed by atoms with van der Waals surface area (Å²) >= 11 is 0. The standard InChI is InChI=1S/C55H37N3O2/c1-55(2)43-23-11-8-21-42(43)51-44(55)31-32-50-53(51)60-49-26-14-22-40(52(49)59-50)37-17-6-7-20-41(37)54-56-45(34-15-4-3-5-16-34)33-46(57-54)35-27-29-36(30-28-35)58-47-24-12-9-18-38(47)39-19-10-13-25-48(39)58/h3-33H,1-2H3. The van der Waals surface area contributed by atoms with Gasteiger partial charge in [-0.3, -0.25) is 0 Å². The summed E-state index contributed by atoms with van der Waals surface area (Å²) in [5.74, 6) is 3.43. The Morgan fingerprint density at radius 2 is 1.00 bits per heavy atom. The molecule has 10 aromatic rings. The van der Waals surface area contributed by atoms with Crippen LogP contribution in [0.4, 0.5) is 0 Å². The SMILES string of the molecule is CC1(C)c2ccccc2-c2c1ccc1c2Oc2cccc(-c3ccccc3-c3nc(-c4ccccc4)cc(-c4ccc(-n5c6ccccc6c6ccccc65)cc4)n3)c2O1. The number of benzene rings is 8. The van der Waals surface area contributed by atoms with E-state index in [-0.39, 0.29) is 5.41 Å². The van der Waals surface area contributed by atoms with Gasteiger partial charge >= 0.3 is 0 Å². The van der Waals surface area contributed by atoms with E-state index >= 15 is 0 Å². The Labute approximate surface area is 347 Å². The molecule has 0 saturated carbocycles. The molecule has 0 unspecified atom stereocenters. The molecule has 2 aromatic heterocycles. The minimum atomic E-state index is -0.146. The van der Waals surface area contributed by atoms with Crippen molar-refractivity contribution in [2.45, 2.75) is 19.3 Å². The molecule has 12 rings (SSSR count). The predicted molar refractivity (Wildman–Crippen MR) is 242 cm³/mol. The molecule has 0 amide bonds. The second kappa shape index (κ2) is 13.1. The fraction of sp³-hybridized carbons (Fsp3) is 0.0545. The Hall–Kier alpha value is -7.76. The van der Waals surface area contributed by atoms with Gasteiger partial charge in [-0.15, -0.1) is 0 Å². The van der Waals surface area contributed by atoms with Crippen LogP contribution in [0.25, 0.3) is 83.6 Å². The van der Waals surface area contributed by atoms with Crippen LogP contribution in [0.2, 0.25) is 0 Å². The smallest absolute Gasteiger partial charge is 0.178 e. The van der Waals surface area contributed by atoms with Crippen LogP contribution < -0.4 is 9.47 Å². The highest BCUT2D eigenvalue weighted by Crippen LogP contribution is 2.59. The number of ether oxygens (including phenoxy) is 2. The second-order valence-corrected chi connectivity index (χ2v) is 16.1. The minimum Gasteiger partial charge on any atom is -0.449 e. The number of aromatic nitrogens is 3. The molecule has 0 atom stereocenters. The number of para-hydroxylation sites is 3. The van der Waals surface area contributed by atoms with Crippen LogP contribution in [0, 0.1) is 0 Å². The third kappa shape index (κ3) is 5.19. The maximum Gasteiger partial charge on any atom is 0.178 e. The lowest BCUT2D eigenvalue weighted by molar-refractivity contribution is 0.361. The molecule has 5 heteroatoms. The number of rotatable bonds is 5. The molecule has 1 aliphatic carbocycles. The maximum absolute atomic E-state index is 6.88. The van der Waals surface area contributed by atoms with Gasteiger partial charge in [-0.25, -0.2) is 9.97 Å². The van der Waals surface area contributed by atoms with E-state index < -0.39 is 0 Å². The molecule has 0 saturated heterocycles. The molecule has 1 aliphatic heterocycles. The van der Waals surface area contributed by atoms with Crippen LogP contribution in [0.15, 0.2) is 188 Å². The molecule has 5 nitrogen and oxygen atoms in total. The summed E-state index contributed by atoms with van der Waals surface area (Å²) in [6.45, 7) is 4.55. The fourth-order valence-electron chi connectivity index (χ4n) is 9.43. The molecular formula is C55H37N3O2. The van der Waals surface area contributed by atoms with Crippen molar-refractivity contribution in [2.24, 2.45) is 0 Å². The Bertz CT molecular complexity index is 3290. The highest BCUT2D eigenvalue weighted by Gasteiger charge is 2.40. The molecule has 3 heterocycles. The summed E-state index contributed by atoms with van der Waals surface area (Å²) in [6, 6.07) is 65.6. The average molecular weight is 772 g/mol. The molecule has 0 N–H and O–H groups in total. The Kier molecular flexibility index (Phi) is 7.51. The van der Waals surface area contributed by atoms with Crippen molar-refractivity contribution in [3.8, 4) is 84.8 Å². The first-order valence-corrected chi connectivity index (χ1v) is 20.4. The summed E-state index contributed by atoms with van der Waals surface area (Å²) in [5.41, 5.74) is 14.6. The summed E-state index contributed by atoms with van der Waals surface area (Å²) < 4.78 is 16.1. The summed E-state index contributed by atoms with van der Waals surface area (Å²) in [7, 11) is 0. The van der Waals surface area contributed by atoms with Crippen molar-refractivity contribution in [3.05, 3.63) is 199 Å². The summed E-state index contributed by atoms with van der Waals surface area (Å²) in [6.07, 6.45) is 0. The van der Waals surface area contributed by atoms with Gasteiger partial charge in [0.1, 0.15) is 0 Å². The second-order valence-electron chi connectivity index (χ2n) is 16.1. The lowest BCUT2D eigenvalue weighted by Gasteiger charge is -2.26. The monoisotopic (exact) mass is 771 g/mol. The van der Waals surface area contributed by atoms with Crippen LogP contribution in [0.3, 0.4) is 0 Å². The molecule has 0 fully saturated rings. The quantitative estimate of drug-likeness (QED) is 0.175. The van der Waals surface area contributed by atoms with Gasteiger partial charge in [0.25, 0.3) is 0 Å². The van der Waals surface area contributed by atoms with Gasteiger partial charge in [-0.1, -0.05) is 159 Å². The van der Waals surface area contributed by atoms with E-state index in [1.807, 2.05) is 36.4 Å². The normalized spacial score (nSPS) is 13.2. The number of fused-ring (bicyclic) bond motifs is 9.